The van der Waals surface area contributed by atoms with E-state index >= 15 is 0 Å². The largest absolute Gasteiger partial charge is 0.467 e. The fourth-order valence-corrected chi connectivity index (χ4v) is 3.50. The second-order valence-electron chi connectivity index (χ2n) is 8.02. The van der Waals surface area contributed by atoms with Crippen molar-refractivity contribution in [3.05, 3.63) is 114 Å². The number of carbonyl (C=O) groups is 3. The summed E-state index contributed by atoms with van der Waals surface area (Å²) >= 11 is 0. The van der Waals surface area contributed by atoms with Crippen LogP contribution in [-0.2, 0) is 11.3 Å². The molecule has 0 radical (unpaired) electrons. The standard InChI is InChI=1S/C28H26N4O4/c1-32(24-9-3-2-4-10-24)28(35)20-12-14-22(15-13-20)31-26(33)19-29-23-8-5-7-21(17-23)27(34)30-18-25-11-6-16-36-25/h2-17,29H,18-19H2,1H3,(H,30,34)(H,31,33). The van der Waals surface area contributed by atoms with Crippen molar-refractivity contribution in [3.8, 4) is 0 Å². The molecule has 0 unspecified atom stereocenters. The second kappa shape index (κ2) is 11.5. The minimum Gasteiger partial charge on any atom is -0.467 e. The predicted octanol–water partition coefficient (Wildman–Crippen LogP) is 4.54. The van der Waals surface area contributed by atoms with Gasteiger partial charge < -0.3 is 25.3 Å². The van der Waals surface area contributed by atoms with E-state index in [4.69, 9.17) is 4.42 Å². The van der Waals surface area contributed by atoms with Crippen LogP contribution in [0.4, 0.5) is 17.1 Å². The number of carbonyl (C=O) groups excluding carboxylic acids is 3. The molecule has 1 aromatic heterocycles. The van der Waals surface area contributed by atoms with Crippen LogP contribution in [0.15, 0.2) is 102 Å². The van der Waals surface area contributed by atoms with Crippen LogP contribution in [0.1, 0.15) is 26.5 Å². The number of hydrogen-bond donors (Lipinski definition) is 3. The van der Waals surface area contributed by atoms with Gasteiger partial charge in [-0.2, -0.15) is 0 Å². The smallest absolute Gasteiger partial charge is 0.258 e. The normalized spacial score (nSPS) is 10.4. The zero-order valence-electron chi connectivity index (χ0n) is 19.7. The Labute approximate surface area is 208 Å². The lowest BCUT2D eigenvalue weighted by molar-refractivity contribution is -0.114. The Hall–Kier alpha value is -4.85. The Morgan fingerprint density at radius 3 is 2.31 bits per heavy atom. The fourth-order valence-electron chi connectivity index (χ4n) is 3.50. The first-order chi connectivity index (χ1) is 17.5. The van der Waals surface area contributed by atoms with Crippen LogP contribution in [-0.4, -0.2) is 31.3 Å². The lowest BCUT2D eigenvalue weighted by atomic mass is 10.1. The van der Waals surface area contributed by atoms with Gasteiger partial charge in [-0.1, -0.05) is 24.3 Å². The minimum absolute atomic E-state index is 0.00882. The summed E-state index contributed by atoms with van der Waals surface area (Å²) in [6.07, 6.45) is 1.55. The van der Waals surface area contributed by atoms with Gasteiger partial charge in [0.1, 0.15) is 5.76 Å². The Balaban J connectivity index is 1.27. The van der Waals surface area contributed by atoms with Crippen LogP contribution in [0.25, 0.3) is 0 Å². The lowest BCUT2D eigenvalue weighted by Gasteiger charge is -2.17. The van der Waals surface area contributed by atoms with E-state index in [0.717, 1.165) is 5.69 Å². The molecule has 0 fully saturated rings. The molecule has 0 aliphatic carbocycles. The van der Waals surface area contributed by atoms with E-state index in [0.29, 0.717) is 34.8 Å². The number of furan rings is 1. The van der Waals surface area contributed by atoms with Crippen molar-refractivity contribution in [1.29, 1.82) is 0 Å². The number of nitrogens with zero attached hydrogens (tertiary/aromatic N) is 1. The highest BCUT2D eigenvalue weighted by molar-refractivity contribution is 6.06. The Bertz CT molecular complexity index is 1320. The van der Waals surface area contributed by atoms with Crippen molar-refractivity contribution in [3.63, 3.8) is 0 Å². The van der Waals surface area contributed by atoms with Crippen molar-refractivity contribution in [2.24, 2.45) is 0 Å². The summed E-state index contributed by atoms with van der Waals surface area (Å²) in [5.74, 6) is 0.0129. The molecule has 0 aliphatic rings. The average molecular weight is 483 g/mol. The molecule has 1 heterocycles. The molecule has 8 nitrogen and oxygen atoms in total. The van der Waals surface area contributed by atoms with Gasteiger partial charge in [-0.3, -0.25) is 14.4 Å². The molecule has 0 saturated carbocycles. The first kappa shape index (κ1) is 24.3. The van der Waals surface area contributed by atoms with Crippen molar-refractivity contribution in [1.82, 2.24) is 5.32 Å². The molecule has 0 spiro atoms. The van der Waals surface area contributed by atoms with E-state index in [1.54, 1.807) is 78.9 Å². The molecule has 4 aromatic rings. The highest BCUT2D eigenvalue weighted by atomic mass is 16.3. The van der Waals surface area contributed by atoms with E-state index in [2.05, 4.69) is 16.0 Å². The number of hydrogen-bond acceptors (Lipinski definition) is 5. The second-order valence-corrected chi connectivity index (χ2v) is 8.02. The van der Waals surface area contributed by atoms with Crippen LogP contribution in [0.5, 0.6) is 0 Å². The maximum Gasteiger partial charge on any atom is 0.258 e. The zero-order chi connectivity index (χ0) is 25.3. The quantitative estimate of drug-likeness (QED) is 0.325. The van der Waals surface area contributed by atoms with Gasteiger partial charge in [-0.25, -0.2) is 0 Å². The summed E-state index contributed by atoms with van der Waals surface area (Å²) in [4.78, 5) is 39.1. The third kappa shape index (κ3) is 6.38. The molecule has 182 valence electrons. The first-order valence-electron chi connectivity index (χ1n) is 11.4. The molecule has 4 rings (SSSR count). The summed E-state index contributed by atoms with van der Waals surface area (Å²) in [7, 11) is 1.72. The maximum absolute atomic E-state index is 12.7. The summed E-state index contributed by atoms with van der Waals surface area (Å²) in [5, 5.41) is 8.61. The first-order valence-corrected chi connectivity index (χ1v) is 11.4. The Morgan fingerprint density at radius 1 is 0.806 bits per heavy atom. The van der Waals surface area contributed by atoms with Gasteiger partial charge in [0.05, 0.1) is 19.4 Å². The summed E-state index contributed by atoms with van der Waals surface area (Å²) in [6.45, 7) is 0.299. The molecule has 8 heteroatoms. The van der Waals surface area contributed by atoms with Gasteiger partial charge in [0, 0.05) is 35.2 Å². The molecular weight excluding hydrogens is 456 g/mol. The predicted molar refractivity (Wildman–Crippen MR) is 139 cm³/mol. The van der Waals surface area contributed by atoms with Crippen molar-refractivity contribution in [2.45, 2.75) is 6.54 Å². The third-order valence-electron chi connectivity index (χ3n) is 5.44. The summed E-state index contributed by atoms with van der Waals surface area (Å²) in [6, 6.07) is 26.5. The van der Waals surface area contributed by atoms with Crippen LogP contribution < -0.4 is 20.9 Å². The minimum atomic E-state index is -0.261. The zero-order valence-corrected chi connectivity index (χ0v) is 19.7. The number of para-hydroxylation sites is 1. The number of amides is 3. The van der Waals surface area contributed by atoms with Gasteiger partial charge in [-0.05, 0) is 66.7 Å². The van der Waals surface area contributed by atoms with E-state index in [-0.39, 0.29) is 24.3 Å². The van der Waals surface area contributed by atoms with Gasteiger partial charge in [-0.15, -0.1) is 0 Å². The molecule has 0 aliphatic heterocycles. The van der Waals surface area contributed by atoms with Crippen LogP contribution in [0.2, 0.25) is 0 Å². The van der Waals surface area contributed by atoms with Crippen LogP contribution in [0, 0.1) is 0 Å². The highest BCUT2D eigenvalue weighted by Crippen LogP contribution is 2.17. The Morgan fingerprint density at radius 2 is 1.58 bits per heavy atom. The van der Waals surface area contributed by atoms with E-state index in [1.165, 1.54) is 0 Å². The summed E-state index contributed by atoms with van der Waals surface area (Å²) < 4.78 is 5.21. The highest BCUT2D eigenvalue weighted by Gasteiger charge is 2.13. The molecule has 3 N–H and O–H groups in total. The number of benzene rings is 3. The molecule has 0 saturated heterocycles. The molecular formula is C28H26N4O4. The van der Waals surface area contributed by atoms with Crippen LogP contribution in [0.3, 0.4) is 0 Å². The van der Waals surface area contributed by atoms with Gasteiger partial charge in [0.25, 0.3) is 11.8 Å². The van der Waals surface area contributed by atoms with Gasteiger partial charge in [0.15, 0.2) is 0 Å². The molecule has 36 heavy (non-hydrogen) atoms. The molecule has 0 atom stereocenters. The van der Waals surface area contributed by atoms with E-state index in [9.17, 15) is 14.4 Å². The fraction of sp³-hybridized carbons (Fsp3) is 0.107. The maximum atomic E-state index is 12.7. The van der Waals surface area contributed by atoms with E-state index < -0.39 is 0 Å². The summed E-state index contributed by atoms with van der Waals surface area (Å²) in [5.41, 5.74) is 2.99. The van der Waals surface area contributed by atoms with Crippen molar-refractivity contribution < 1.29 is 18.8 Å². The van der Waals surface area contributed by atoms with Crippen LogP contribution >= 0.6 is 0 Å². The van der Waals surface area contributed by atoms with E-state index in [1.807, 2.05) is 30.3 Å². The SMILES string of the molecule is CN(C(=O)c1ccc(NC(=O)CNc2cccc(C(=O)NCc3ccco3)c2)cc1)c1ccccc1. The Kier molecular flexibility index (Phi) is 7.77. The van der Waals surface area contributed by atoms with Gasteiger partial charge in [0.2, 0.25) is 5.91 Å². The number of nitrogens with one attached hydrogen (secondary N) is 3. The third-order valence-corrected chi connectivity index (χ3v) is 5.44. The van der Waals surface area contributed by atoms with Crippen molar-refractivity contribution in [2.75, 3.05) is 29.1 Å². The topological polar surface area (TPSA) is 104 Å². The monoisotopic (exact) mass is 482 g/mol. The van der Waals surface area contributed by atoms with Crippen molar-refractivity contribution >= 4 is 34.8 Å². The lowest BCUT2D eigenvalue weighted by Crippen LogP contribution is -2.26. The molecule has 0 bridgehead atoms. The average Bonchev–Trinajstić information content (AvgIpc) is 3.45. The molecule has 3 amide bonds. The van der Waals surface area contributed by atoms with Gasteiger partial charge >= 0.3 is 0 Å². The number of anilines is 3. The molecule has 3 aromatic carbocycles. The number of rotatable bonds is 9.